The molecule has 0 radical (unpaired) electrons. The first-order valence-electron chi connectivity index (χ1n) is 9.21. The highest BCUT2D eigenvalue weighted by Gasteiger charge is 2.14. The fourth-order valence-corrected chi connectivity index (χ4v) is 4.05. The van der Waals surface area contributed by atoms with Crippen LogP contribution in [0.3, 0.4) is 0 Å². The lowest BCUT2D eigenvalue weighted by atomic mass is 10.1. The van der Waals surface area contributed by atoms with Crippen LogP contribution in [0.25, 0.3) is 0 Å². The van der Waals surface area contributed by atoms with E-state index < -0.39 is 6.61 Å². The summed E-state index contributed by atoms with van der Waals surface area (Å²) in [5.41, 5.74) is 1.53. The van der Waals surface area contributed by atoms with Gasteiger partial charge in [-0.25, -0.2) is 0 Å². The van der Waals surface area contributed by atoms with Gasteiger partial charge in [0.1, 0.15) is 5.75 Å². The molecule has 4 nitrogen and oxygen atoms in total. The van der Waals surface area contributed by atoms with Crippen molar-refractivity contribution in [3.63, 3.8) is 0 Å². The monoisotopic (exact) mass is 459 g/mol. The molecule has 3 aromatic rings. The maximum absolute atomic E-state index is 12.7. The third-order valence-electron chi connectivity index (χ3n) is 4.24. The molecule has 0 fully saturated rings. The molecular formula is C23H19F2NO3S2. The van der Waals surface area contributed by atoms with Crippen molar-refractivity contribution in [1.82, 2.24) is 0 Å². The SMILES string of the molecule is CSc1ccc(NC(=O)c2ccccc2SCC(=O)c2ccc(OC(F)F)cc2)cc1. The fourth-order valence-electron chi connectivity index (χ4n) is 2.70. The second-order valence-corrected chi connectivity index (χ2v) is 8.19. The van der Waals surface area contributed by atoms with Crippen LogP contribution in [0.2, 0.25) is 0 Å². The van der Waals surface area contributed by atoms with Gasteiger partial charge in [-0.2, -0.15) is 8.78 Å². The third kappa shape index (κ3) is 6.57. The third-order valence-corrected chi connectivity index (χ3v) is 6.06. The molecule has 0 aromatic heterocycles. The number of hydrogen-bond donors (Lipinski definition) is 1. The van der Waals surface area contributed by atoms with Gasteiger partial charge in [0.15, 0.2) is 5.78 Å². The summed E-state index contributed by atoms with van der Waals surface area (Å²) in [6.45, 7) is -2.91. The van der Waals surface area contributed by atoms with Gasteiger partial charge in [0.05, 0.1) is 11.3 Å². The largest absolute Gasteiger partial charge is 0.435 e. The molecule has 3 rings (SSSR count). The van der Waals surface area contributed by atoms with Gasteiger partial charge in [-0.15, -0.1) is 23.5 Å². The Kier molecular flexibility index (Phi) is 8.08. The van der Waals surface area contributed by atoms with E-state index >= 15 is 0 Å². The molecule has 1 amide bonds. The molecule has 0 aliphatic heterocycles. The number of thioether (sulfide) groups is 2. The molecule has 0 unspecified atom stereocenters. The van der Waals surface area contributed by atoms with Crippen LogP contribution < -0.4 is 10.1 Å². The Morgan fingerprint density at radius 2 is 1.65 bits per heavy atom. The van der Waals surface area contributed by atoms with Gasteiger partial charge in [-0.1, -0.05) is 12.1 Å². The summed E-state index contributed by atoms with van der Waals surface area (Å²) >= 11 is 2.86. The van der Waals surface area contributed by atoms with Crippen LogP contribution in [0.15, 0.2) is 82.6 Å². The summed E-state index contributed by atoms with van der Waals surface area (Å²) in [5, 5.41) is 2.87. The minimum absolute atomic E-state index is 0.00761. The number of alkyl halides is 2. The zero-order valence-electron chi connectivity index (χ0n) is 16.5. The van der Waals surface area contributed by atoms with E-state index in [9.17, 15) is 18.4 Å². The van der Waals surface area contributed by atoms with Crippen LogP contribution in [-0.4, -0.2) is 30.3 Å². The number of ether oxygens (including phenoxy) is 1. The number of benzene rings is 3. The van der Waals surface area contributed by atoms with Crippen molar-refractivity contribution in [3.8, 4) is 5.75 Å². The van der Waals surface area contributed by atoms with Gasteiger partial charge in [-0.3, -0.25) is 9.59 Å². The van der Waals surface area contributed by atoms with Gasteiger partial charge in [0.25, 0.3) is 5.91 Å². The second-order valence-electron chi connectivity index (χ2n) is 6.29. The molecule has 0 saturated carbocycles. The number of amides is 1. The summed E-state index contributed by atoms with van der Waals surface area (Å²) in [5.74, 6) is -0.355. The number of hydrogen-bond acceptors (Lipinski definition) is 5. The number of Topliss-reactive ketones (excluding diaryl/α,β-unsaturated/α-hetero) is 1. The maximum Gasteiger partial charge on any atom is 0.387 e. The first kappa shape index (κ1) is 22.8. The van der Waals surface area contributed by atoms with E-state index in [4.69, 9.17) is 0 Å². The van der Waals surface area contributed by atoms with E-state index in [1.807, 2.05) is 30.5 Å². The van der Waals surface area contributed by atoms with E-state index in [0.29, 0.717) is 21.7 Å². The number of halogens is 2. The van der Waals surface area contributed by atoms with Gasteiger partial charge < -0.3 is 10.1 Å². The van der Waals surface area contributed by atoms with E-state index in [-0.39, 0.29) is 23.2 Å². The van der Waals surface area contributed by atoms with Gasteiger partial charge in [0, 0.05) is 21.0 Å². The lowest BCUT2D eigenvalue weighted by Crippen LogP contribution is -2.13. The topological polar surface area (TPSA) is 55.4 Å². The molecule has 160 valence electrons. The lowest BCUT2D eigenvalue weighted by Gasteiger charge is -2.10. The lowest BCUT2D eigenvalue weighted by molar-refractivity contribution is -0.0498. The first-order chi connectivity index (χ1) is 15.0. The zero-order chi connectivity index (χ0) is 22.2. The summed E-state index contributed by atoms with van der Waals surface area (Å²) in [6.07, 6.45) is 1.98. The predicted octanol–water partition coefficient (Wildman–Crippen LogP) is 6.24. The Morgan fingerprint density at radius 3 is 2.29 bits per heavy atom. The Hall–Kier alpha value is -2.84. The normalized spacial score (nSPS) is 10.7. The standard InChI is InChI=1S/C23H19F2NO3S2/c1-30-18-12-8-16(9-13-18)26-22(28)19-4-2-3-5-21(19)31-14-20(27)15-6-10-17(11-7-15)29-23(24)25/h2-13,23H,14H2,1H3,(H,26,28). The van der Waals surface area contributed by atoms with Crippen LogP contribution in [0.4, 0.5) is 14.5 Å². The number of rotatable bonds is 9. The maximum atomic E-state index is 12.7. The molecule has 0 aliphatic rings. The molecule has 0 atom stereocenters. The van der Waals surface area contributed by atoms with E-state index in [2.05, 4.69) is 10.1 Å². The fraction of sp³-hybridized carbons (Fsp3) is 0.130. The average molecular weight is 460 g/mol. The smallest absolute Gasteiger partial charge is 0.387 e. The quantitative estimate of drug-likeness (QED) is 0.303. The summed E-state index contributed by atoms with van der Waals surface area (Å²) in [7, 11) is 0. The van der Waals surface area contributed by atoms with Crippen LogP contribution in [0.1, 0.15) is 20.7 Å². The Morgan fingerprint density at radius 1 is 0.968 bits per heavy atom. The van der Waals surface area contributed by atoms with Crippen LogP contribution in [-0.2, 0) is 0 Å². The summed E-state index contributed by atoms with van der Waals surface area (Å²) < 4.78 is 28.8. The number of carbonyl (C=O) groups is 2. The molecular weight excluding hydrogens is 440 g/mol. The van der Waals surface area contributed by atoms with E-state index in [0.717, 1.165) is 4.90 Å². The number of anilines is 1. The minimum atomic E-state index is -2.91. The molecule has 0 aliphatic carbocycles. The summed E-state index contributed by atoms with van der Waals surface area (Å²) in [6, 6.07) is 20.1. The molecule has 0 heterocycles. The van der Waals surface area contributed by atoms with E-state index in [1.54, 1.807) is 36.0 Å². The molecule has 3 aromatic carbocycles. The predicted molar refractivity (Wildman–Crippen MR) is 121 cm³/mol. The first-order valence-corrected chi connectivity index (χ1v) is 11.4. The van der Waals surface area contributed by atoms with Crippen molar-refractivity contribution < 1.29 is 23.1 Å². The molecule has 0 bridgehead atoms. The van der Waals surface area contributed by atoms with Crippen LogP contribution in [0, 0.1) is 0 Å². The second kappa shape index (κ2) is 11.0. The van der Waals surface area contributed by atoms with Crippen LogP contribution >= 0.6 is 23.5 Å². The Balaban J connectivity index is 1.64. The van der Waals surface area contributed by atoms with Crippen LogP contribution in [0.5, 0.6) is 5.75 Å². The van der Waals surface area contributed by atoms with Crippen molar-refractivity contribution in [2.45, 2.75) is 16.4 Å². The number of nitrogens with one attached hydrogen (secondary N) is 1. The Labute approximate surface area is 187 Å². The minimum Gasteiger partial charge on any atom is -0.435 e. The van der Waals surface area contributed by atoms with Crippen molar-refractivity contribution in [1.29, 1.82) is 0 Å². The van der Waals surface area contributed by atoms with Crippen molar-refractivity contribution >= 4 is 40.9 Å². The van der Waals surface area contributed by atoms with E-state index in [1.165, 1.54) is 36.0 Å². The highest BCUT2D eigenvalue weighted by molar-refractivity contribution is 8.00. The Bertz CT molecular complexity index is 1040. The molecule has 31 heavy (non-hydrogen) atoms. The molecule has 8 heteroatoms. The van der Waals surface area contributed by atoms with Gasteiger partial charge in [0.2, 0.25) is 0 Å². The van der Waals surface area contributed by atoms with Crippen molar-refractivity contribution in [3.05, 3.63) is 83.9 Å². The average Bonchev–Trinajstić information content (AvgIpc) is 2.78. The summed E-state index contributed by atoms with van der Waals surface area (Å²) in [4.78, 5) is 27.0. The van der Waals surface area contributed by atoms with Gasteiger partial charge in [-0.05, 0) is 66.9 Å². The zero-order valence-corrected chi connectivity index (χ0v) is 18.1. The molecule has 0 spiro atoms. The number of carbonyl (C=O) groups excluding carboxylic acids is 2. The molecule has 0 saturated heterocycles. The van der Waals surface area contributed by atoms with Crippen molar-refractivity contribution in [2.75, 3.05) is 17.3 Å². The number of ketones is 1. The van der Waals surface area contributed by atoms with Gasteiger partial charge >= 0.3 is 6.61 Å². The highest BCUT2D eigenvalue weighted by Crippen LogP contribution is 2.26. The molecule has 1 N–H and O–H groups in total. The van der Waals surface area contributed by atoms with Crippen molar-refractivity contribution in [2.24, 2.45) is 0 Å². The highest BCUT2D eigenvalue weighted by atomic mass is 32.2.